The summed E-state index contributed by atoms with van der Waals surface area (Å²) in [6.45, 7) is 0. The molecule has 0 spiro atoms. The lowest BCUT2D eigenvalue weighted by molar-refractivity contribution is 1.61. The number of benzene rings is 8. The van der Waals surface area contributed by atoms with Crippen LogP contribution in [0.4, 0.5) is 0 Å². The highest BCUT2D eigenvalue weighted by atomic mass is 14.1. The van der Waals surface area contributed by atoms with Gasteiger partial charge >= 0.3 is 0 Å². The van der Waals surface area contributed by atoms with Gasteiger partial charge in [0, 0.05) is 0 Å². The van der Waals surface area contributed by atoms with Crippen molar-refractivity contribution in [3.05, 3.63) is 205 Å². The summed E-state index contributed by atoms with van der Waals surface area (Å²) in [5.41, 5.74) is 0. The van der Waals surface area contributed by atoms with E-state index in [1.807, 2.05) is 0 Å². The van der Waals surface area contributed by atoms with Crippen molar-refractivity contribution in [2.45, 2.75) is 0 Å². The molecule has 52 heavy (non-hydrogen) atoms. The van der Waals surface area contributed by atoms with Crippen LogP contribution in [-0.2, 0) is 0 Å². The summed E-state index contributed by atoms with van der Waals surface area (Å²) in [6.07, 6.45) is 0. The average molecular weight is 657 g/mol. The molecular weight excluding hydrogens is 625 g/mol. The van der Waals surface area contributed by atoms with Crippen molar-refractivity contribution in [1.82, 2.24) is 0 Å². The number of fused-ring (bicyclic) bond motifs is 7. The summed E-state index contributed by atoms with van der Waals surface area (Å²) in [6, 6.07) is 72.8. The molecule has 0 fully saturated rings. The van der Waals surface area contributed by atoms with Gasteiger partial charge in [-0.25, -0.2) is 0 Å². The van der Waals surface area contributed by atoms with E-state index < -0.39 is 0 Å². The Labute approximate surface area is 300 Å². The second-order valence-electron chi connectivity index (χ2n) is 14.1. The smallest absolute Gasteiger partial charge is 0.00928 e. The van der Waals surface area contributed by atoms with E-state index in [0.29, 0.717) is 0 Å². The molecule has 240 valence electrons. The maximum atomic E-state index is 2.43. The van der Waals surface area contributed by atoms with Crippen LogP contribution in [0.3, 0.4) is 0 Å². The van der Waals surface area contributed by atoms with Gasteiger partial charge in [0.15, 0.2) is 0 Å². The molecule has 0 aliphatic heterocycles. The van der Waals surface area contributed by atoms with E-state index in [2.05, 4.69) is 194 Å². The molecule has 0 heterocycles. The second-order valence-corrected chi connectivity index (χ2v) is 14.1. The Hall–Kier alpha value is -6.76. The summed E-state index contributed by atoms with van der Waals surface area (Å²) in [5.74, 6) is 0. The highest BCUT2D eigenvalue weighted by Gasteiger charge is 2.10. The largest absolute Gasteiger partial charge is 0.0616 e. The number of hydrogen-bond donors (Lipinski definition) is 0. The van der Waals surface area contributed by atoms with Crippen LogP contribution in [0.25, 0.3) is 97.0 Å². The minimum atomic E-state index is 1.18. The first-order valence-corrected chi connectivity index (χ1v) is 18.1. The fraction of sp³-hybridized carbons (Fsp3) is 0. The van der Waals surface area contributed by atoms with E-state index in [1.54, 1.807) is 0 Å². The van der Waals surface area contributed by atoms with E-state index in [0.717, 1.165) is 0 Å². The van der Waals surface area contributed by atoms with Gasteiger partial charge in [0.2, 0.25) is 0 Å². The van der Waals surface area contributed by atoms with Crippen molar-refractivity contribution >= 4 is 97.0 Å². The monoisotopic (exact) mass is 656 g/mol. The van der Waals surface area contributed by atoms with Crippen LogP contribution < -0.4 is 0 Å². The van der Waals surface area contributed by atoms with Gasteiger partial charge in [-0.3, -0.25) is 0 Å². The van der Waals surface area contributed by atoms with Gasteiger partial charge in [-0.2, -0.15) is 0 Å². The standard InChI is InChI=1S/C52H32/c1-3-7-43-39-23-27-45-46-28-24-40-32-52(46)48-26-18-35(11-9-33-13-19-37(20-14-33)41(43)5-1)30-50(48)49-29-36(17-25-47(49)51(45)31-39)12-10-34-15-21-38(22-16-34)42-6-2-4-8-44(40)42/h1-32H. The minimum Gasteiger partial charge on any atom is -0.0616 e. The lowest BCUT2D eigenvalue weighted by Gasteiger charge is -2.11. The first kappa shape index (κ1) is 29.0. The quantitative estimate of drug-likeness (QED) is 0.152. The molecule has 0 heteroatoms. The Bertz CT molecular complexity index is 3190. The third kappa shape index (κ3) is 4.62. The molecule has 0 aromatic heterocycles. The molecule has 0 saturated carbocycles. The Morgan fingerprint density at radius 1 is 0.173 bits per heavy atom. The Kier molecular flexibility index (Phi) is 6.35. The summed E-state index contributed by atoms with van der Waals surface area (Å²) in [4.78, 5) is 0. The van der Waals surface area contributed by atoms with Crippen molar-refractivity contribution in [2.75, 3.05) is 0 Å². The van der Waals surface area contributed by atoms with E-state index in [-0.39, 0.29) is 0 Å². The molecule has 0 saturated heterocycles. The SMILES string of the molecule is c1ccc2c3ccc4c(c3)c3ccc5ccc6ccc(cc6)c6ccccc6c6ccc4c(c6)c4ccc(ccc6ccc(cc6)c2c1)cc4=c3c5. The van der Waals surface area contributed by atoms with E-state index in [1.165, 1.54) is 107 Å². The van der Waals surface area contributed by atoms with Crippen molar-refractivity contribution in [3.63, 3.8) is 0 Å². The molecular formula is C52H32. The van der Waals surface area contributed by atoms with E-state index >= 15 is 0 Å². The average Bonchev–Trinajstić information content (AvgIpc) is 3.21. The zero-order chi connectivity index (χ0) is 34.2. The van der Waals surface area contributed by atoms with Crippen molar-refractivity contribution < 1.29 is 0 Å². The third-order valence-electron chi connectivity index (χ3n) is 11.1. The van der Waals surface area contributed by atoms with E-state index in [9.17, 15) is 0 Å². The first-order chi connectivity index (χ1) is 25.7. The molecule has 8 aromatic rings. The molecule has 12 bridgehead atoms. The molecule has 0 radical (unpaired) electrons. The highest BCUT2D eigenvalue weighted by Crippen LogP contribution is 2.36. The fourth-order valence-electron chi connectivity index (χ4n) is 8.49. The Morgan fingerprint density at radius 2 is 0.481 bits per heavy atom. The molecule has 0 N–H and O–H groups in total. The van der Waals surface area contributed by atoms with Gasteiger partial charge in [0.1, 0.15) is 0 Å². The normalized spacial score (nSPS) is 11.8. The van der Waals surface area contributed by atoms with Gasteiger partial charge in [-0.15, -0.1) is 0 Å². The van der Waals surface area contributed by atoms with Crippen LogP contribution in [0.2, 0.25) is 0 Å². The van der Waals surface area contributed by atoms with Crippen LogP contribution in [0.15, 0.2) is 194 Å². The van der Waals surface area contributed by atoms with Crippen LogP contribution in [0.1, 0.15) is 0 Å². The zero-order valence-corrected chi connectivity index (χ0v) is 28.5. The summed E-state index contributed by atoms with van der Waals surface area (Å²) >= 11 is 0. The van der Waals surface area contributed by atoms with Gasteiger partial charge in [0.05, 0.1) is 0 Å². The van der Waals surface area contributed by atoms with Crippen molar-refractivity contribution in [2.24, 2.45) is 0 Å². The highest BCUT2D eigenvalue weighted by molar-refractivity contribution is 6.20. The van der Waals surface area contributed by atoms with Crippen LogP contribution in [0, 0.1) is 10.4 Å². The molecule has 8 aromatic carbocycles. The summed E-state index contributed by atoms with van der Waals surface area (Å²) < 4.78 is 0. The van der Waals surface area contributed by atoms with Crippen LogP contribution in [-0.4, -0.2) is 0 Å². The Morgan fingerprint density at radius 3 is 0.904 bits per heavy atom. The summed E-state index contributed by atoms with van der Waals surface area (Å²) in [7, 11) is 0. The van der Waals surface area contributed by atoms with Gasteiger partial charge < -0.3 is 0 Å². The predicted molar refractivity (Wildman–Crippen MR) is 226 cm³/mol. The third-order valence-corrected chi connectivity index (χ3v) is 11.1. The molecule has 0 nitrogen and oxygen atoms in total. The Balaban J connectivity index is 1.50. The predicted octanol–water partition coefficient (Wildman–Crippen LogP) is 14.5. The van der Waals surface area contributed by atoms with Crippen LogP contribution in [0.5, 0.6) is 0 Å². The zero-order valence-electron chi connectivity index (χ0n) is 28.5. The molecule has 0 amide bonds. The molecule has 5 aliphatic rings. The first-order valence-electron chi connectivity index (χ1n) is 18.1. The maximum absolute atomic E-state index is 2.43. The molecule has 5 aliphatic carbocycles. The van der Waals surface area contributed by atoms with Crippen LogP contribution >= 0.6 is 0 Å². The lowest BCUT2D eigenvalue weighted by atomic mass is 9.93. The summed E-state index contributed by atoms with van der Waals surface area (Å²) in [5, 5.41) is 24.5. The number of hydrogen-bond acceptors (Lipinski definition) is 0. The van der Waals surface area contributed by atoms with Crippen molar-refractivity contribution in [1.29, 1.82) is 0 Å². The van der Waals surface area contributed by atoms with Gasteiger partial charge in [0.25, 0.3) is 0 Å². The number of rotatable bonds is 0. The van der Waals surface area contributed by atoms with Crippen molar-refractivity contribution in [3.8, 4) is 0 Å². The maximum Gasteiger partial charge on any atom is -0.00928 e. The fourth-order valence-corrected chi connectivity index (χ4v) is 8.49. The van der Waals surface area contributed by atoms with Gasteiger partial charge in [-0.1, -0.05) is 170 Å². The lowest BCUT2D eigenvalue weighted by Crippen LogP contribution is -1.86. The minimum absolute atomic E-state index is 1.18. The molecule has 0 atom stereocenters. The second kappa shape index (κ2) is 11.4. The van der Waals surface area contributed by atoms with E-state index in [4.69, 9.17) is 0 Å². The molecule has 13 rings (SSSR count). The van der Waals surface area contributed by atoms with Gasteiger partial charge in [-0.05, 0) is 132 Å². The topological polar surface area (TPSA) is 0 Å². The molecule has 0 unspecified atom stereocenters.